The zero-order valence-corrected chi connectivity index (χ0v) is 8.32. The number of aldehydes is 1. The van der Waals surface area contributed by atoms with Crippen LogP contribution in [0.2, 0.25) is 5.15 Å². The van der Waals surface area contributed by atoms with Crippen molar-refractivity contribution in [2.24, 2.45) is 0 Å². The molecule has 0 aliphatic rings. The average Bonchev–Trinajstić information content (AvgIpc) is 2.16. The fourth-order valence-electron chi connectivity index (χ4n) is 1.03. The summed E-state index contributed by atoms with van der Waals surface area (Å²) in [6.45, 7) is 0. The molecular formula is C8H5Cl2F2NO. The van der Waals surface area contributed by atoms with Gasteiger partial charge in [-0.2, -0.15) is 0 Å². The van der Waals surface area contributed by atoms with Gasteiger partial charge in [-0.25, -0.2) is 13.8 Å². The maximum Gasteiger partial charge on any atom is 0.267 e. The van der Waals surface area contributed by atoms with Crippen LogP contribution in [-0.2, 0) is 5.88 Å². The van der Waals surface area contributed by atoms with Gasteiger partial charge in [0.15, 0.2) is 6.29 Å². The van der Waals surface area contributed by atoms with Crippen molar-refractivity contribution in [2.45, 2.75) is 12.3 Å². The van der Waals surface area contributed by atoms with Crippen LogP contribution in [0.3, 0.4) is 0 Å². The summed E-state index contributed by atoms with van der Waals surface area (Å²) in [6.07, 6.45) is -1.24. The Hall–Kier alpha value is -0.740. The van der Waals surface area contributed by atoms with Crippen LogP contribution in [0, 0.1) is 0 Å². The van der Waals surface area contributed by atoms with Gasteiger partial charge in [-0.05, 0) is 5.56 Å². The summed E-state index contributed by atoms with van der Waals surface area (Å²) in [5, 5.41) is -0.318. The minimum Gasteiger partial charge on any atom is -0.298 e. The third kappa shape index (κ3) is 2.01. The number of hydrogen-bond acceptors (Lipinski definition) is 2. The monoisotopic (exact) mass is 239 g/mol. The molecule has 0 N–H and O–H groups in total. The van der Waals surface area contributed by atoms with E-state index in [2.05, 4.69) is 4.98 Å². The second-order valence-electron chi connectivity index (χ2n) is 2.45. The molecule has 14 heavy (non-hydrogen) atoms. The van der Waals surface area contributed by atoms with Crippen molar-refractivity contribution in [1.82, 2.24) is 4.98 Å². The molecule has 1 aromatic rings. The summed E-state index contributed by atoms with van der Waals surface area (Å²) >= 11 is 10.9. The lowest BCUT2D eigenvalue weighted by Crippen LogP contribution is -2.01. The summed E-state index contributed by atoms with van der Waals surface area (Å²) in [5.41, 5.74) is -0.386. The van der Waals surface area contributed by atoms with Gasteiger partial charge in [-0.1, -0.05) is 11.6 Å². The van der Waals surface area contributed by atoms with Crippen molar-refractivity contribution < 1.29 is 13.6 Å². The van der Waals surface area contributed by atoms with E-state index in [1.807, 2.05) is 0 Å². The Bertz CT molecular complexity index is 357. The number of alkyl halides is 3. The van der Waals surface area contributed by atoms with Crippen molar-refractivity contribution in [3.05, 3.63) is 28.0 Å². The number of rotatable bonds is 3. The normalized spacial score (nSPS) is 10.6. The van der Waals surface area contributed by atoms with Crippen LogP contribution in [0.25, 0.3) is 0 Å². The number of aromatic nitrogens is 1. The molecule has 76 valence electrons. The number of carbonyl (C=O) groups excluding carboxylic acids is 1. The fraction of sp³-hybridized carbons (Fsp3) is 0.250. The largest absolute Gasteiger partial charge is 0.298 e. The molecule has 1 rings (SSSR count). The first-order chi connectivity index (χ1) is 6.61. The first kappa shape index (κ1) is 11.3. The van der Waals surface area contributed by atoms with Crippen LogP contribution < -0.4 is 0 Å². The Morgan fingerprint density at radius 3 is 2.64 bits per heavy atom. The van der Waals surface area contributed by atoms with Gasteiger partial charge in [0.25, 0.3) is 6.43 Å². The van der Waals surface area contributed by atoms with Crippen molar-refractivity contribution in [1.29, 1.82) is 0 Å². The van der Waals surface area contributed by atoms with Crippen LogP contribution >= 0.6 is 23.2 Å². The molecule has 0 aromatic carbocycles. The maximum atomic E-state index is 12.5. The van der Waals surface area contributed by atoms with Crippen LogP contribution in [-0.4, -0.2) is 11.3 Å². The lowest BCUT2D eigenvalue weighted by molar-refractivity contribution is 0.112. The van der Waals surface area contributed by atoms with Crippen molar-refractivity contribution >= 4 is 29.5 Å². The highest BCUT2D eigenvalue weighted by Gasteiger charge is 2.20. The van der Waals surface area contributed by atoms with Gasteiger partial charge in [-0.3, -0.25) is 4.79 Å². The molecule has 1 heterocycles. The molecule has 0 bridgehead atoms. The zero-order chi connectivity index (χ0) is 10.7. The molecule has 0 amide bonds. The summed E-state index contributed by atoms with van der Waals surface area (Å²) in [7, 11) is 0. The molecule has 0 unspecified atom stereocenters. The van der Waals surface area contributed by atoms with E-state index in [1.54, 1.807) is 0 Å². The first-order valence-corrected chi connectivity index (χ1v) is 4.49. The third-order valence-electron chi connectivity index (χ3n) is 1.69. The smallest absolute Gasteiger partial charge is 0.267 e. The van der Waals surface area contributed by atoms with Gasteiger partial charge in [0.05, 0.1) is 5.56 Å². The highest BCUT2D eigenvalue weighted by Crippen LogP contribution is 2.31. The van der Waals surface area contributed by atoms with Crippen molar-refractivity contribution in [3.63, 3.8) is 0 Å². The average molecular weight is 240 g/mol. The predicted octanol–water partition coefficient (Wildman–Crippen LogP) is 3.22. The van der Waals surface area contributed by atoms with Crippen LogP contribution in [0.15, 0.2) is 6.20 Å². The van der Waals surface area contributed by atoms with Crippen LogP contribution in [0.4, 0.5) is 8.78 Å². The highest BCUT2D eigenvalue weighted by atomic mass is 35.5. The number of carbonyl (C=O) groups is 1. The molecule has 1 aromatic heterocycles. The van der Waals surface area contributed by atoms with E-state index < -0.39 is 12.0 Å². The van der Waals surface area contributed by atoms with Crippen LogP contribution in [0.1, 0.15) is 27.9 Å². The number of hydrogen-bond donors (Lipinski definition) is 0. The van der Waals surface area contributed by atoms with Gasteiger partial charge in [0, 0.05) is 17.6 Å². The van der Waals surface area contributed by atoms with Crippen molar-refractivity contribution in [2.75, 3.05) is 0 Å². The van der Waals surface area contributed by atoms with Gasteiger partial charge < -0.3 is 0 Å². The molecular weight excluding hydrogens is 235 g/mol. The minimum atomic E-state index is -2.79. The Labute approximate surface area is 88.8 Å². The van der Waals surface area contributed by atoms with E-state index in [4.69, 9.17) is 23.2 Å². The molecule has 0 spiro atoms. The second kappa shape index (κ2) is 4.66. The molecule has 0 aliphatic heterocycles. The third-order valence-corrected chi connectivity index (χ3v) is 2.26. The predicted molar refractivity (Wildman–Crippen MR) is 49.1 cm³/mol. The molecule has 0 aliphatic carbocycles. The molecule has 0 fully saturated rings. The second-order valence-corrected chi connectivity index (χ2v) is 3.07. The molecule has 0 saturated carbocycles. The SMILES string of the molecule is O=Cc1cnc(Cl)c(C(F)F)c1CCl. The standard InChI is InChI=1S/C8H5Cl2F2NO/c9-1-5-4(3-14)2-13-7(10)6(5)8(11)12/h2-3,8H,1H2. The van der Waals surface area contributed by atoms with Gasteiger partial charge in [0.2, 0.25) is 0 Å². The lowest BCUT2D eigenvalue weighted by atomic mass is 10.1. The molecule has 0 radical (unpaired) electrons. The Balaban J connectivity index is 3.42. The lowest BCUT2D eigenvalue weighted by Gasteiger charge is -2.09. The van der Waals surface area contributed by atoms with Gasteiger partial charge >= 0.3 is 0 Å². The van der Waals surface area contributed by atoms with Crippen LogP contribution in [0.5, 0.6) is 0 Å². The summed E-state index contributed by atoms with van der Waals surface area (Å²) in [5.74, 6) is -0.198. The molecule has 0 saturated heterocycles. The summed E-state index contributed by atoms with van der Waals surface area (Å²) in [4.78, 5) is 14.0. The van der Waals surface area contributed by atoms with Gasteiger partial charge in [-0.15, -0.1) is 11.6 Å². The highest BCUT2D eigenvalue weighted by molar-refractivity contribution is 6.30. The van der Waals surface area contributed by atoms with Crippen molar-refractivity contribution in [3.8, 4) is 0 Å². The molecule has 6 heteroatoms. The minimum absolute atomic E-state index is 0.0386. The Morgan fingerprint density at radius 2 is 2.21 bits per heavy atom. The Kier molecular flexibility index (Phi) is 3.77. The maximum absolute atomic E-state index is 12.5. The van der Waals surface area contributed by atoms with E-state index in [9.17, 15) is 13.6 Å². The van der Waals surface area contributed by atoms with E-state index in [-0.39, 0.29) is 22.2 Å². The van der Waals surface area contributed by atoms with Gasteiger partial charge in [0.1, 0.15) is 5.15 Å². The fourth-order valence-corrected chi connectivity index (χ4v) is 1.57. The van der Waals surface area contributed by atoms with E-state index in [1.165, 1.54) is 0 Å². The zero-order valence-electron chi connectivity index (χ0n) is 6.81. The molecule has 0 atom stereocenters. The molecule has 2 nitrogen and oxygen atoms in total. The summed E-state index contributed by atoms with van der Waals surface area (Å²) < 4.78 is 25.0. The number of halogens is 4. The number of nitrogens with zero attached hydrogens (tertiary/aromatic N) is 1. The quantitative estimate of drug-likeness (QED) is 0.461. The number of pyridine rings is 1. The van der Waals surface area contributed by atoms with E-state index >= 15 is 0 Å². The van der Waals surface area contributed by atoms with E-state index in [0.29, 0.717) is 6.29 Å². The van der Waals surface area contributed by atoms with E-state index in [0.717, 1.165) is 6.20 Å². The summed E-state index contributed by atoms with van der Waals surface area (Å²) in [6, 6.07) is 0. The topological polar surface area (TPSA) is 30.0 Å². The first-order valence-electron chi connectivity index (χ1n) is 3.58. The Morgan fingerprint density at radius 1 is 1.57 bits per heavy atom.